The molecule has 0 bridgehead atoms. The van der Waals surface area contributed by atoms with Crippen LogP contribution in [0.4, 0.5) is 6.01 Å². The molecule has 0 fully saturated rings. The Kier molecular flexibility index (Phi) is 3.44. The number of thioether (sulfide) groups is 2. The van der Waals surface area contributed by atoms with Crippen molar-refractivity contribution < 1.29 is 4.42 Å². The second-order valence-corrected chi connectivity index (χ2v) is 3.36. The van der Waals surface area contributed by atoms with Gasteiger partial charge >= 0.3 is 6.01 Å². The topological polar surface area (TPSA) is 51.3 Å². The average Bonchev–Trinajstić information content (AvgIpc) is 2.52. The Morgan fingerprint density at radius 3 is 2.73 bits per heavy atom. The second-order valence-electron chi connectivity index (χ2n) is 1.51. The average molecular weight is 189 g/mol. The molecule has 0 unspecified atom stereocenters. The minimum Gasteiger partial charge on any atom is -0.409 e. The molecule has 0 amide bonds. The maximum atomic E-state index is 4.83. The highest BCUT2D eigenvalue weighted by Gasteiger charge is 1.98. The van der Waals surface area contributed by atoms with Crippen molar-refractivity contribution in [2.24, 2.45) is 4.99 Å². The quantitative estimate of drug-likeness (QED) is 0.498. The summed E-state index contributed by atoms with van der Waals surface area (Å²) in [4.78, 5) is 4.06. The van der Waals surface area contributed by atoms with Gasteiger partial charge in [0, 0.05) is 0 Å². The zero-order valence-corrected chi connectivity index (χ0v) is 7.78. The highest BCUT2D eigenvalue weighted by Crippen LogP contribution is 2.16. The summed E-state index contributed by atoms with van der Waals surface area (Å²) in [6.45, 7) is 0. The molecule has 11 heavy (non-hydrogen) atoms. The fourth-order valence-electron chi connectivity index (χ4n) is 0.469. The van der Waals surface area contributed by atoms with E-state index in [0.29, 0.717) is 6.01 Å². The van der Waals surface area contributed by atoms with E-state index in [1.54, 1.807) is 23.5 Å². The summed E-state index contributed by atoms with van der Waals surface area (Å²) in [6.07, 6.45) is 5.16. The van der Waals surface area contributed by atoms with Gasteiger partial charge in [0.1, 0.15) is 4.38 Å². The van der Waals surface area contributed by atoms with Crippen molar-refractivity contribution in [1.82, 2.24) is 10.2 Å². The summed E-state index contributed by atoms with van der Waals surface area (Å²) in [5.41, 5.74) is 0. The third-order valence-corrected chi connectivity index (χ3v) is 2.77. The molecule has 1 rings (SSSR count). The summed E-state index contributed by atoms with van der Waals surface area (Å²) in [5, 5.41) is 7.12. The Bertz CT molecular complexity index is 228. The first-order valence-electron chi connectivity index (χ1n) is 2.79. The molecule has 1 aromatic heterocycles. The van der Waals surface area contributed by atoms with Crippen molar-refractivity contribution in [3.8, 4) is 0 Å². The van der Waals surface area contributed by atoms with Gasteiger partial charge < -0.3 is 4.42 Å². The van der Waals surface area contributed by atoms with Crippen LogP contribution in [0.5, 0.6) is 0 Å². The monoisotopic (exact) mass is 189 g/mol. The van der Waals surface area contributed by atoms with Gasteiger partial charge in [0.15, 0.2) is 0 Å². The van der Waals surface area contributed by atoms with Gasteiger partial charge in [0.25, 0.3) is 0 Å². The van der Waals surface area contributed by atoms with Gasteiger partial charge in [-0.3, -0.25) is 0 Å². The van der Waals surface area contributed by atoms with Gasteiger partial charge in [-0.05, 0) is 12.5 Å². The maximum absolute atomic E-state index is 4.83. The zero-order chi connectivity index (χ0) is 8.10. The van der Waals surface area contributed by atoms with Crippen LogP contribution in [0.3, 0.4) is 0 Å². The minimum absolute atomic E-state index is 0.309. The summed E-state index contributed by atoms with van der Waals surface area (Å²) in [7, 11) is 0. The Hall–Kier alpha value is -0.490. The normalized spacial score (nSPS) is 9.64. The van der Waals surface area contributed by atoms with Crippen LogP contribution in [-0.4, -0.2) is 27.1 Å². The van der Waals surface area contributed by atoms with Crippen LogP contribution in [0.15, 0.2) is 15.8 Å². The molecule has 0 spiro atoms. The lowest BCUT2D eigenvalue weighted by Gasteiger charge is -1.92. The van der Waals surface area contributed by atoms with Crippen molar-refractivity contribution in [2.75, 3.05) is 12.5 Å². The number of hydrogen-bond acceptors (Lipinski definition) is 6. The van der Waals surface area contributed by atoms with Crippen molar-refractivity contribution >= 4 is 33.9 Å². The van der Waals surface area contributed by atoms with Gasteiger partial charge in [0.05, 0.1) is 0 Å². The first-order valence-corrected chi connectivity index (χ1v) is 5.24. The molecule has 0 aliphatic heterocycles. The first-order chi connectivity index (χ1) is 5.36. The Labute approximate surface area is 72.9 Å². The highest BCUT2D eigenvalue weighted by molar-refractivity contribution is 8.38. The van der Waals surface area contributed by atoms with E-state index < -0.39 is 0 Å². The SMILES string of the molecule is CSC(=Nc1nnco1)SC. The summed E-state index contributed by atoms with van der Waals surface area (Å²) in [6, 6.07) is 0.309. The van der Waals surface area contributed by atoms with E-state index in [9.17, 15) is 0 Å². The summed E-state index contributed by atoms with van der Waals surface area (Å²) < 4.78 is 5.74. The first kappa shape index (κ1) is 8.61. The smallest absolute Gasteiger partial charge is 0.343 e. The molecule has 0 aliphatic rings. The molecule has 1 aromatic rings. The van der Waals surface area contributed by atoms with E-state index in [1.165, 1.54) is 6.39 Å². The number of rotatable bonds is 1. The fraction of sp³-hybridized carbons (Fsp3) is 0.400. The molecule has 0 aromatic carbocycles. The molecule has 0 N–H and O–H groups in total. The maximum Gasteiger partial charge on any atom is 0.343 e. The molecule has 1 heterocycles. The molecule has 60 valence electrons. The second kappa shape index (κ2) is 4.40. The van der Waals surface area contributed by atoms with Crippen molar-refractivity contribution in [3.05, 3.63) is 6.39 Å². The zero-order valence-electron chi connectivity index (χ0n) is 6.14. The largest absolute Gasteiger partial charge is 0.409 e. The van der Waals surface area contributed by atoms with Crippen LogP contribution in [0, 0.1) is 0 Å². The number of hydrogen-bond donors (Lipinski definition) is 0. The van der Waals surface area contributed by atoms with Crippen LogP contribution < -0.4 is 0 Å². The van der Waals surface area contributed by atoms with E-state index in [1.807, 2.05) is 12.5 Å². The van der Waals surface area contributed by atoms with Crippen LogP contribution in [-0.2, 0) is 0 Å². The van der Waals surface area contributed by atoms with Crippen LogP contribution in [0.2, 0.25) is 0 Å². The lowest BCUT2D eigenvalue weighted by molar-refractivity contribution is 0.565. The van der Waals surface area contributed by atoms with E-state index in [4.69, 9.17) is 4.42 Å². The summed E-state index contributed by atoms with van der Waals surface area (Å²) in [5.74, 6) is 0. The Morgan fingerprint density at radius 1 is 1.55 bits per heavy atom. The minimum atomic E-state index is 0.309. The van der Waals surface area contributed by atoms with Gasteiger partial charge in [-0.25, -0.2) is 0 Å². The van der Waals surface area contributed by atoms with E-state index >= 15 is 0 Å². The molecule has 0 saturated carbocycles. The molecule has 6 heteroatoms. The number of nitrogens with zero attached hydrogens (tertiary/aromatic N) is 3. The van der Waals surface area contributed by atoms with E-state index in [2.05, 4.69) is 15.2 Å². The van der Waals surface area contributed by atoms with Crippen molar-refractivity contribution in [2.45, 2.75) is 0 Å². The Morgan fingerprint density at radius 2 is 2.27 bits per heavy atom. The molecular weight excluding hydrogens is 182 g/mol. The van der Waals surface area contributed by atoms with Crippen molar-refractivity contribution in [1.29, 1.82) is 0 Å². The van der Waals surface area contributed by atoms with Gasteiger partial charge in [0.2, 0.25) is 6.39 Å². The number of aromatic nitrogens is 2. The van der Waals surface area contributed by atoms with Crippen molar-refractivity contribution in [3.63, 3.8) is 0 Å². The predicted molar refractivity (Wildman–Crippen MR) is 48.4 cm³/mol. The molecule has 0 atom stereocenters. The predicted octanol–water partition coefficient (Wildman–Crippen LogP) is 1.78. The van der Waals surface area contributed by atoms with E-state index in [-0.39, 0.29) is 0 Å². The highest BCUT2D eigenvalue weighted by atomic mass is 32.2. The molecule has 4 nitrogen and oxygen atoms in total. The van der Waals surface area contributed by atoms with Gasteiger partial charge in [-0.2, -0.15) is 4.99 Å². The standard InChI is InChI=1S/C5H7N3OS2/c1-10-5(11-2)7-4-8-6-3-9-4/h3H,1-2H3. The fourth-order valence-corrected chi connectivity index (χ4v) is 1.47. The molecule has 0 saturated heterocycles. The third-order valence-electron chi connectivity index (χ3n) is 0.885. The van der Waals surface area contributed by atoms with Crippen LogP contribution in [0.25, 0.3) is 0 Å². The van der Waals surface area contributed by atoms with Gasteiger partial charge in [-0.15, -0.1) is 28.6 Å². The lowest BCUT2D eigenvalue weighted by atomic mass is 11.2. The molecular formula is C5H7N3OS2. The van der Waals surface area contributed by atoms with E-state index in [0.717, 1.165) is 4.38 Å². The van der Waals surface area contributed by atoms with Gasteiger partial charge in [-0.1, -0.05) is 5.10 Å². The molecule has 0 aliphatic carbocycles. The summed E-state index contributed by atoms with van der Waals surface area (Å²) >= 11 is 3.11. The Balaban J connectivity index is 2.71. The third kappa shape index (κ3) is 2.55. The number of aliphatic imine (C=N–C) groups is 1. The molecule has 0 radical (unpaired) electrons. The lowest BCUT2D eigenvalue weighted by Crippen LogP contribution is -1.80. The van der Waals surface area contributed by atoms with Crippen LogP contribution in [0.1, 0.15) is 0 Å². The van der Waals surface area contributed by atoms with Crippen LogP contribution >= 0.6 is 23.5 Å².